The van der Waals surface area contributed by atoms with E-state index in [2.05, 4.69) is 38.1 Å². The van der Waals surface area contributed by atoms with Crippen LogP contribution >= 0.6 is 0 Å². The highest BCUT2D eigenvalue weighted by Crippen LogP contribution is 2.24. The van der Waals surface area contributed by atoms with Gasteiger partial charge in [0.15, 0.2) is 0 Å². The molecule has 0 radical (unpaired) electrons. The van der Waals surface area contributed by atoms with Crippen molar-refractivity contribution in [1.29, 1.82) is 0 Å². The van der Waals surface area contributed by atoms with Crippen LogP contribution in [0.3, 0.4) is 0 Å². The SMILES string of the molecule is CCCCCCc1ccc([C@@H]2CO[C@@H](CC)CO2)cc1. The Labute approximate surface area is 123 Å². The van der Waals surface area contributed by atoms with Gasteiger partial charge < -0.3 is 9.47 Å². The third kappa shape index (κ3) is 4.60. The van der Waals surface area contributed by atoms with E-state index in [9.17, 15) is 0 Å². The van der Waals surface area contributed by atoms with Crippen molar-refractivity contribution in [2.45, 2.75) is 64.6 Å². The molecule has 0 amide bonds. The third-order valence-electron chi connectivity index (χ3n) is 4.09. The van der Waals surface area contributed by atoms with E-state index in [1.165, 1.54) is 43.2 Å². The molecule has 0 N–H and O–H groups in total. The maximum atomic E-state index is 5.90. The quantitative estimate of drug-likeness (QED) is 0.673. The van der Waals surface area contributed by atoms with E-state index in [4.69, 9.17) is 9.47 Å². The zero-order valence-electron chi connectivity index (χ0n) is 12.9. The number of hydrogen-bond donors (Lipinski definition) is 0. The first-order valence-electron chi connectivity index (χ1n) is 8.15. The highest BCUT2D eigenvalue weighted by Gasteiger charge is 2.22. The summed E-state index contributed by atoms with van der Waals surface area (Å²) in [6, 6.07) is 8.90. The second-order valence-corrected chi connectivity index (χ2v) is 5.74. The minimum atomic E-state index is 0.118. The molecule has 112 valence electrons. The maximum absolute atomic E-state index is 5.90. The van der Waals surface area contributed by atoms with Crippen molar-refractivity contribution in [3.8, 4) is 0 Å². The molecule has 0 aliphatic carbocycles. The second kappa shape index (κ2) is 8.43. The van der Waals surface area contributed by atoms with Crippen LogP contribution in [-0.2, 0) is 15.9 Å². The first kappa shape index (κ1) is 15.5. The topological polar surface area (TPSA) is 18.5 Å². The van der Waals surface area contributed by atoms with E-state index in [1.54, 1.807) is 0 Å². The van der Waals surface area contributed by atoms with Crippen LogP contribution in [-0.4, -0.2) is 19.3 Å². The van der Waals surface area contributed by atoms with Gasteiger partial charge in [-0.15, -0.1) is 0 Å². The molecule has 2 rings (SSSR count). The van der Waals surface area contributed by atoms with Gasteiger partial charge in [0.1, 0.15) is 6.10 Å². The van der Waals surface area contributed by atoms with E-state index in [-0.39, 0.29) is 12.2 Å². The Balaban J connectivity index is 1.79. The van der Waals surface area contributed by atoms with E-state index in [0.29, 0.717) is 6.61 Å². The van der Waals surface area contributed by atoms with E-state index < -0.39 is 0 Å². The second-order valence-electron chi connectivity index (χ2n) is 5.74. The molecule has 1 fully saturated rings. The van der Waals surface area contributed by atoms with Crippen molar-refractivity contribution >= 4 is 0 Å². The van der Waals surface area contributed by atoms with Crippen molar-refractivity contribution in [3.05, 3.63) is 35.4 Å². The van der Waals surface area contributed by atoms with E-state index in [1.807, 2.05) is 0 Å². The van der Waals surface area contributed by atoms with Gasteiger partial charge in [0.25, 0.3) is 0 Å². The summed E-state index contributed by atoms with van der Waals surface area (Å²) in [7, 11) is 0. The minimum Gasteiger partial charge on any atom is -0.373 e. The molecule has 1 aromatic rings. The Morgan fingerprint density at radius 2 is 1.75 bits per heavy atom. The summed E-state index contributed by atoms with van der Waals surface area (Å²) in [4.78, 5) is 0. The number of unbranched alkanes of at least 4 members (excludes halogenated alkanes) is 3. The summed E-state index contributed by atoms with van der Waals surface area (Å²) in [6.07, 6.45) is 7.92. The Morgan fingerprint density at radius 3 is 2.35 bits per heavy atom. The maximum Gasteiger partial charge on any atom is 0.106 e. The molecule has 2 atom stereocenters. The lowest BCUT2D eigenvalue weighted by Crippen LogP contribution is -2.30. The lowest BCUT2D eigenvalue weighted by Gasteiger charge is -2.29. The van der Waals surface area contributed by atoms with Gasteiger partial charge in [-0.05, 0) is 30.4 Å². The molecular formula is C18H28O2. The normalized spacial score (nSPS) is 22.9. The molecule has 0 spiro atoms. The van der Waals surface area contributed by atoms with Crippen LogP contribution in [0.1, 0.15) is 63.2 Å². The summed E-state index contributed by atoms with van der Waals surface area (Å²) < 4.78 is 11.7. The lowest BCUT2D eigenvalue weighted by atomic mass is 10.0. The van der Waals surface area contributed by atoms with Crippen LogP contribution in [0, 0.1) is 0 Å². The van der Waals surface area contributed by atoms with Gasteiger partial charge in [0.05, 0.1) is 19.3 Å². The largest absolute Gasteiger partial charge is 0.373 e. The fourth-order valence-electron chi connectivity index (χ4n) is 2.63. The van der Waals surface area contributed by atoms with E-state index in [0.717, 1.165) is 13.0 Å². The average molecular weight is 276 g/mol. The molecule has 2 nitrogen and oxygen atoms in total. The highest BCUT2D eigenvalue weighted by atomic mass is 16.6. The Kier molecular flexibility index (Phi) is 6.55. The molecule has 1 aliphatic heterocycles. The van der Waals surface area contributed by atoms with Gasteiger partial charge in [-0.3, -0.25) is 0 Å². The molecule has 0 saturated carbocycles. The van der Waals surface area contributed by atoms with Crippen molar-refractivity contribution < 1.29 is 9.47 Å². The number of rotatable bonds is 7. The van der Waals surface area contributed by atoms with Crippen molar-refractivity contribution in [3.63, 3.8) is 0 Å². The summed E-state index contributed by atoms with van der Waals surface area (Å²) >= 11 is 0. The molecule has 0 bridgehead atoms. The smallest absolute Gasteiger partial charge is 0.106 e. The summed E-state index contributed by atoms with van der Waals surface area (Å²) in [5, 5.41) is 0. The summed E-state index contributed by atoms with van der Waals surface area (Å²) in [6.45, 7) is 5.81. The summed E-state index contributed by atoms with van der Waals surface area (Å²) in [5.74, 6) is 0. The standard InChI is InChI=1S/C18H28O2/c1-3-5-6-7-8-15-9-11-16(12-10-15)18-14-19-17(4-2)13-20-18/h9-12,17-18H,3-8,13-14H2,1-2H3/t17-,18-/m0/s1. The van der Waals surface area contributed by atoms with Crippen molar-refractivity contribution in [2.75, 3.05) is 13.2 Å². The van der Waals surface area contributed by atoms with Gasteiger partial charge >= 0.3 is 0 Å². The zero-order valence-corrected chi connectivity index (χ0v) is 12.9. The van der Waals surface area contributed by atoms with Crippen molar-refractivity contribution in [1.82, 2.24) is 0 Å². The number of ether oxygens (including phenoxy) is 2. The highest BCUT2D eigenvalue weighted by molar-refractivity contribution is 5.24. The van der Waals surface area contributed by atoms with Gasteiger partial charge in [-0.2, -0.15) is 0 Å². The first-order valence-corrected chi connectivity index (χ1v) is 8.15. The number of aryl methyl sites for hydroxylation is 1. The van der Waals surface area contributed by atoms with Gasteiger partial charge in [0.2, 0.25) is 0 Å². The Bertz CT molecular complexity index is 364. The molecular weight excluding hydrogens is 248 g/mol. The van der Waals surface area contributed by atoms with Gasteiger partial charge in [0, 0.05) is 0 Å². The third-order valence-corrected chi connectivity index (χ3v) is 4.09. The zero-order chi connectivity index (χ0) is 14.2. The molecule has 1 aromatic carbocycles. The number of benzene rings is 1. The van der Waals surface area contributed by atoms with Gasteiger partial charge in [-0.1, -0.05) is 57.4 Å². The van der Waals surface area contributed by atoms with Crippen LogP contribution in [0.4, 0.5) is 0 Å². The van der Waals surface area contributed by atoms with Gasteiger partial charge in [-0.25, -0.2) is 0 Å². The van der Waals surface area contributed by atoms with Crippen LogP contribution < -0.4 is 0 Å². The van der Waals surface area contributed by atoms with Crippen LogP contribution in [0.5, 0.6) is 0 Å². The summed E-state index contributed by atoms with van der Waals surface area (Å²) in [5.41, 5.74) is 2.69. The minimum absolute atomic E-state index is 0.118. The first-order chi connectivity index (χ1) is 9.83. The number of hydrogen-bond acceptors (Lipinski definition) is 2. The Hall–Kier alpha value is -0.860. The van der Waals surface area contributed by atoms with Crippen molar-refractivity contribution in [2.24, 2.45) is 0 Å². The average Bonchev–Trinajstić information content (AvgIpc) is 2.52. The molecule has 20 heavy (non-hydrogen) atoms. The fraction of sp³-hybridized carbons (Fsp3) is 0.667. The fourth-order valence-corrected chi connectivity index (χ4v) is 2.63. The van der Waals surface area contributed by atoms with Crippen LogP contribution in [0.2, 0.25) is 0 Å². The van der Waals surface area contributed by atoms with Crippen LogP contribution in [0.15, 0.2) is 24.3 Å². The predicted octanol–water partition coefficient (Wildman–Crippen LogP) is 4.68. The Morgan fingerprint density at radius 1 is 0.950 bits per heavy atom. The molecule has 1 aliphatic rings. The lowest BCUT2D eigenvalue weighted by molar-refractivity contribution is -0.135. The van der Waals surface area contributed by atoms with E-state index >= 15 is 0 Å². The molecule has 1 heterocycles. The molecule has 1 saturated heterocycles. The molecule has 0 aromatic heterocycles. The van der Waals surface area contributed by atoms with Crippen LogP contribution in [0.25, 0.3) is 0 Å². The monoisotopic (exact) mass is 276 g/mol. The molecule has 0 unspecified atom stereocenters. The molecule has 2 heteroatoms. The predicted molar refractivity (Wildman–Crippen MR) is 83.0 cm³/mol.